The minimum absolute atomic E-state index is 0.169. The molecule has 144 valence electrons. The van der Waals surface area contributed by atoms with Gasteiger partial charge >= 0.3 is 0 Å². The van der Waals surface area contributed by atoms with Gasteiger partial charge in [0.05, 0.1) is 17.3 Å². The number of benzene rings is 2. The molecule has 2 aliphatic rings. The molecule has 0 saturated carbocycles. The second-order valence-electron chi connectivity index (χ2n) is 7.18. The van der Waals surface area contributed by atoms with E-state index in [4.69, 9.17) is 11.6 Å². The maximum absolute atomic E-state index is 13.4. The lowest BCUT2D eigenvalue weighted by Gasteiger charge is -2.47. The Morgan fingerprint density at radius 1 is 1.18 bits per heavy atom. The van der Waals surface area contributed by atoms with Crippen molar-refractivity contribution in [2.45, 2.75) is 31.5 Å². The van der Waals surface area contributed by atoms with Crippen molar-refractivity contribution in [1.82, 2.24) is 10.2 Å². The van der Waals surface area contributed by atoms with Gasteiger partial charge in [-0.2, -0.15) is 0 Å². The van der Waals surface area contributed by atoms with E-state index in [1.54, 1.807) is 43.4 Å². The molecule has 1 N–H and O–H groups in total. The molecule has 2 aromatic rings. The average Bonchev–Trinajstić information content (AvgIpc) is 3.05. The molecule has 28 heavy (non-hydrogen) atoms. The lowest BCUT2D eigenvalue weighted by atomic mass is 9.95. The molecule has 0 unspecified atom stereocenters. The monoisotopic (exact) mass is 397 g/mol. The third-order valence-electron chi connectivity index (χ3n) is 5.60. The maximum Gasteiger partial charge on any atom is 0.267 e. The number of carbonyl (C=O) groups is 3. The van der Waals surface area contributed by atoms with Crippen LogP contribution < -0.4 is 10.2 Å². The number of halogens is 1. The zero-order chi connectivity index (χ0) is 20.1. The second-order valence-corrected chi connectivity index (χ2v) is 7.61. The van der Waals surface area contributed by atoms with Crippen LogP contribution in [-0.4, -0.2) is 35.3 Å². The van der Waals surface area contributed by atoms with Crippen molar-refractivity contribution in [1.29, 1.82) is 0 Å². The molecule has 0 aliphatic carbocycles. The second kappa shape index (κ2) is 6.63. The third-order valence-corrected chi connectivity index (χ3v) is 5.84. The zero-order valence-electron chi connectivity index (χ0n) is 15.6. The van der Waals surface area contributed by atoms with E-state index in [2.05, 4.69) is 5.32 Å². The first kappa shape index (κ1) is 18.5. The van der Waals surface area contributed by atoms with Crippen molar-refractivity contribution in [2.75, 3.05) is 11.9 Å². The fourth-order valence-electron chi connectivity index (χ4n) is 4.10. The predicted octanol–water partition coefficient (Wildman–Crippen LogP) is 3.13. The molecule has 1 fully saturated rings. The standard InChI is InChI=1S/C21H20ClN3O3/c1-13(14-6-5-7-15(22)12-14)23-20(28)21-11-10-18(26)25(21)17-9-4-3-8-16(17)19(27)24(21)2/h3-9,12-13H,10-11H2,1-2H3,(H,23,28)/t13-,21-/m0/s1. The van der Waals surface area contributed by atoms with Gasteiger partial charge in [-0.15, -0.1) is 0 Å². The summed E-state index contributed by atoms with van der Waals surface area (Å²) in [6.45, 7) is 1.85. The molecule has 2 aromatic carbocycles. The molecule has 0 aromatic heterocycles. The summed E-state index contributed by atoms with van der Waals surface area (Å²) in [5.41, 5.74) is 0.388. The van der Waals surface area contributed by atoms with Crippen LogP contribution in [-0.2, 0) is 9.59 Å². The van der Waals surface area contributed by atoms with Crippen molar-refractivity contribution in [2.24, 2.45) is 0 Å². The van der Waals surface area contributed by atoms with Crippen LogP contribution >= 0.6 is 11.6 Å². The molecule has 3 amide bonds. The lowest BCUT2D eigenvalue weighted by molar-refractivity contribution is -0.133. The summed E-state index contributed by atoms with van der Waals surface area (Å²) in [6, 6.07) is 13.8. The topological polar surface area (TPSA) is 69.7 Å². The van der Waals surface area contributed by atoms with Gasteiger partial charge < -0.3 is 10.2 Å². The number of likely N-dealkylation sites (N-methyl/N-ethyl adjacent to an activating group) is 1. The summed E-state index contributed by atoms with van der Waals surface area (Å²) in [6.07, 6.45) is 0.446. The SMILES string of the molecule is C[C@H](NC(=O)[C@]12CCC(=O)N1c1ccccc1C(=O)N2C)c1cccc(Cl)c1. The Labute approximate surface area is 168 Å². The molecule has 2 aliphatic heterocycles. The van der Waals surface area contributed by atoms with Gasteiger partial charge in [0.15, 0.2) is 0 Å². The Morgan fingerprint density at radius 2 is 1.93 bits per heavy atom. The molecule has 1 saturated heterocycles. The van der Waals surface area contributed by atoms with Crippen molar-refractivity contribution in [3.63, 3.8) is 0 Å². The highest BCUT2D eigenvalue weighted by Crippen LogP contribution is 2.44. The van der Waals surface area contributed by atoms with Gasteiger partial charge in [0.2, 0.25) is 11.6 Å². The van der Waals surface area contributed by atoms with Crippen LogP contribution in [0.25, 0.3) is 0 Å². The molecule has 0 radical (unpaired) electrons. The van der Waals surface area contributed by atoms with E-state index < -0.39 is 5.66 Å². The molecular weight excluding hydrogens is 378 g/mol. The highest BCUT2D eigenvalue weighted by Gasteiger charge is 2.59. The number of fused-ring (bicyclic) bond motifs is 3. The van der Waals surface area contributed by atoms with Crippen LogP contribution in [0.4, 0.5) is 5.69 Å². The third kappa shape index (κ3) is 2.59. The fraction of sp³-hybridized carbons (Fsp3) is 0.286. The first-order chi connectivity index (χ1) is 13.4. The van der Waals surface area contributed by atoms with Gasteiger partial charge in [-0.05, 0) is 36.8 Å². The number of rotatable bonds is 3. The Balaban J connectivity index is 1.73. The number of hydrogen-bond acceptors (Lipinski definition) is 3. The van der Waals surface area contributed by atoms with Crippen molar-refractivity contribution < 1.29 is 14.4 Å². The first-order valence-electron chi connectivity index (χ1n) is 9.13. The normalized spacial score (nSPS) is 22.0. The van der Waals surface area contributed by atoms with Gasteiger partial charge in [-0.1, -0.05) is 35.9 Å². The summed E-state index contributed by atoms with van der Waals surface area (Å²) < 4.78 is 0. The number of amides is 3. The van der Waals surface area contributed by atoms with Gasteiger partial charge in [0.1, 0.15) is 0 Å². The molecular formula is C21H20ClN3O3. The Morgan fingerprint density at radius 3 is 2.68 bits per heavy atom. The summed E-state index contributed by atoms with van der Waals surface area (Å²) in [5, 5.41) is 3.55. The number of anilines is 1. The van der Waals surface area contributed by atoms with Gasteiger partial charge in [0, 0.05) is 24.9 Å². The fourth-order valence-corrected chi connectivity index (χ4v) is 4.30. The van der Waals surface area contributed by atoms with Gasteiger partial charge in [0.25, 0.3) is 11.8 Å². The summed E-state index contributed by atoms with van der Waals surface area (Å²) in [4.78, 5) is 42.0. The Kier molecular flexibility index (Phi) is 4.38. The predicted molar refractivity (Wildman–Crippen MR) is 106 cm³/mol. The van der Waals surface area contributed by atoms with Crippen LogP contribution in [0, 0.1) is 0 Å². The van der Waals surface area contributed by atoms with E-state index in [0.717, 1.165) is 5.56 Å². The molecule has 6 nitrogen and oxygen atoms in total. The first-order valence-corrected chi connectivity index (χ1v) is 9.51. The van der Waals surface area contributed by atoms with E-state index in [9.17, 15) is 14.4 Å². The van der Waals surface area contributed by atoms with Crippen LogP contribution in [0.1, 0.15) is 41.7 Å². The number of nitrogens with zero attached hydrogens (tertiary/aromatic N) is 2. The van der Waals surface area contributed by atoms with E-state index in [-0.39, 0.29) is 36.6 Å². The van der Waals surface area contributed by atoms with Gasteiger partial charge in [-0.25, -0.2) is 0 Å². The molecule has 7 heteroatoms. The molecule has 2 atom stereocenters. The van der Waals surface area contributed by atoms with Crippen LogP contribution in [0.2, 0.25) is 5.02 Å². The van der Waals surface area contributed by atoms with E-state index >= 15 is 0 Å². The Bertz CT molecular complexity index is 992. The largest absolute Gasteiger partial charge is 0.346 e. The van der Waals surface area contributed by atoms with Crippen LogP contribution in [0.5, 0.6) is 0 Å². The van der Waals surface area contributed by atoms with Crippen molar-refractivity contribution in [3.8, 4) is 0 Å². The van der Waals surface area contributed by atoms with E-state index in [1.165, 1.54) is 9.80 Å². The maximum atomic E-state index is 13.4. The highest BCUT2D eigenvalue weighted by molar-refractivity contribution is 6.30. The number of nitrogens with one attached hydrogen (secondary N) is 1. The minimum Gasteiger partial charge on any atom is -0.346 e. The van der Waals surface area contributed by atoms with Crippen LogP contribution in [0.15, 0.2) is 48.5 Å². The summed E-state index contributed by atoms with van der Waals surface area (Å²) >= 11 is 6.06. The van der Waals surface area contributed by atoms with Crippen molar-refractivity contribution in [3.05, 3.63) is 64.7 Å². The smallest absolute Gasteiger partial charge is 0.267 e. The minimum atomic E-state index is -1.37. The average molecular weight is 398 g/mol. The number of hydrogen-bond donors (Lipinski definition) is 1. The zero-order valence-corrected chi connectivity index (χ0v) is 16.4. The number of carbonyl (C=O) groups excluding carboxylic acids is 3. The Hall–Kier alpha value is -2.86. The highest BCUT2D eigenvalue weighted by atomic mass is 35.5. The van der Waals surface area contributed by atoms with Crippen LogP contribution in [0.3, 0.4) is 0 Å². The molecule has 2 heterocycles. The molecule has 4 rings (SSSR count). The van der Waals surface area contributed by atoms with Gasteiger partial charge in [-0.3, -0.25) is 19.3 Å². The molecule has 0 bridgehead atoms. The lowest BCUT2D eigenvalue weighted by Crippen LogP contribution is -2.69. The van der Waals surface area contributed by atoms with E-state index in [1.807, 2.05) is 19.1 Å². The quantitative estimate of drug-likeness (QED) is 0.865. The molecule has 0 spiro atoms. The number of para-hydroxylation sites is 1. The summed E-state index contributed by atoms with van der Waals surface area (Å²) in [5.74, 6) is -0.819. The van der Waals surface area contributed by atoms with E-state index in [0.29, 0.717) is 16.3 Å². The van der Waals surface area contributed by atoms with Crippen molar-refractivity contribution >= 4 is 35.0 Å². The summed E-state index contributed by atoms with van der Waals surface area (Å²) in [7, 11) is 1.58.